The molecule has 8 aromatic rings. The largest absolute Gasteiger partial charge is 0.246 e. The molecule has 0 amide bonds. The van der Waals surface area contributed by atoms with Crippen LogP contribution >= 0.6 is 0 Å². The second kappa shape index (κ2) is 10.1. The molecule has 0 fully saturated rings. The highest BCUT2D eigenvalue weighted by Gasteiger charge is 2.13. The Morgan fingerprint density at radius 1 is 0.286 bits per heavy atom. The van der Waals surface area contributed by atoms with Crippen LogP contribution in [0.3, 0.4) is 0 Å². The van der Waals surface area contributed by atoms with E-state index in [1.807, 2.05) is 12.1 Å². The van der Waals surface area contributed by atoms with E-state index in [9.17, 15) is 0 Å². The monoisotopic (exact) mass is 534 g/mol. The van der Waals surface area contributed by atoms with Gasteiger partial charge in [0, 0.05) is 10.8 Å². The minimum Gasteiger partial charge on any atom is -0.246 e. The molecule has 0 unspecified atom stereocenters. The lowest BCUT2D eigenvalue weighted by Crippen LogP contribution is -2.27. The quantitative estimate of drug-likeness (QED) is 0.201. The molecular weight excluding hydrogens is 508 g/mol. The van der Waals surface area contributed by atoms with Crippen molar-refractivity contribution in [3.63, 3.8) is 0 Å². The highest BCUT2D eigenvalue weighted by molar-refractivity contribution is 6.22. The lowest BCUT2D eigenvalue weighted by molar-refractivity contribution is 1.27. The summed E-state index contributed by atoms with van der Waals surface area (Å²) in [4.78, 5) is 10.6. The van der Waals surface area contributed by atoms with E-state index in [0.717, 1.165) is 32.9 Å². The predicted molar refractivity (Wildman–Crippen MR) is 176 cm³/mol. The van der Waals surface area contributed by atoms with Crippen molar-refractivity contribution in [3.8, 4) is 22.3 Å². The summed E-state index contributed by atoms with van der Waals surface area (Å²) in [6.07, 6.45) is 0. The van der Waals surface area contributed by atoms with Crippen molar-refractivity contribution >= 4 is 43.7 Å². The van der Waals surface area contributed by atoms with Crippen LogP contribution < -0.4 is 10.7 Å². The third kappa shape index (κ3) is 4.22. The molecule has 0 aliphatic heterocycles. The van der Waals surface area contributed by atoms with Gasteiger partial charge in [0.25, 0.3) is 0 Å². The second-order valence-electron chi connectivity index (χ2n) is 10.6. The van der Waals surface area contributed by atoms with E-state index in [2.05, 4.69) is 146 Å². The fourth-order valence-electron chi connectivity index (χ4n) is 6.01. The molecule has 196 valence electrons. The van der Waals surface area contributed by atoms with Crippen LogP contribution in [-0.4, -0.2) is 0 Å². The van der Waals surface area contributed by atoms with Gasteiger partial charge in [-0.05, 0) is 68.1 Å². The third-order valence-corrected chi connectivity index (χ3v) is 8.05. The molecular formula is C40H26N2. The van der Waals surface area contributed by atoms with Crippen molar-refractivity contribution in [2.24, 2.45) is 9.98 Å². The summed E-state index contributed by atoms with van der Waals surface area (Å²) in [5.41, 5.74) is 6.54. The molecule has 0 N–H and O–H groups in total. The Balaban J connectivity index is 1.39. The molecule has 0 atom stereocenters. The molecule has 0 bridgehead atoms. The number of nitrogens with zero attached hydrogens (tertiary/aromatic N) is 2. The number of hydrogen-bond acceptors (Lipinski definition) is 2. The zero-order valence-electron chi connectivity index (χ0n) is 22.9. The smallest absolute Gasteiger partial charge is 0.0978 e. The highest BCUT2D eigenvalue weighted by atomic mass is 14.8. The number of hydrogen-bond donors (Lipinski definition) is 0. The highest BCUT2D eigenvalue weighted by Crippen LogP contribution is 2.32. The topological polar surface area (TPSA) is 24.7 Å². The summed E-state index contributed by atoms with van der Waals surface area (Å²) in [5, 5.41) is 8.92. The van der Waals surface area contributed by atoms with Crippen molar-refractivity contribution in [2.75, 3.05) is 0 Å². The lowest BCUT2D eigenvalue weighted by Gasteiger charge is -2.12. The van der Waals surface area contributed by atoms with Gasteiger partial charge >= 0.3 is 0 Å². The van der Waals surface area contributed by atoms with Gasteiger partial charge in [-0.25, -0.2) is 9.98 Å². The summed E-state index contributed by atoms with van der Waals surface area (Å²) in [7, 11) is 0. The van der Waals surface area contributed by atoms with Crippen LogP contribution in [0.2, 0.25) is 0 Å². The first-order valence-electron chi connectivity index (χ1n) is 14.3. The van der Waals surface area contributed by atoms with E-state index in [4.69, 9.17) is 9.98 Å². The average Bonchev–Trinajstić information content (AvgIpc) is 3.07. The van der Waals surface area contributed by atoms with Crippen molar-refractivity contribution in [1.82, 2.24) is 0 Å². The summed E-state index contributed by atoms with van der Waals surface area (Å²) in [5.74, 6) is 0. The fourth-order valence-corrected chi connectivity index (χ4v) is 6.01. The summed E-state index contributed by atoms with van der Waals surface area (Å²) >= 11 is 0. The summed E-state index contributed by atoms with van der Waals surface area (Å²) in [6, 6.07) is 55.3. The molecule has 42 heavy (non-hydrogen) atoms. The molecule has 2 heteroatoms. The first-order valence-corrected chi connectivity index (χ1v) is 14.3. The van der Waals surface area contributed by atoms with Crippen molar-refractivity contribution < 1.29 is 0 Å². The van der Waals surface area contributed by atoms with E-state index in [0.29, 0.717) is 0 Å². The second-order valence-corrected chi connectivity index (χ2v) is 10.6. The number of benzene rings is 8. The van der Waals surface area contributed by atoms with E-state index in [1.54, 1.807) is 0 Å². The van der Waals surface area contributed by atoms with Crippen molar-refractivity contribution in [2.45, 2.75) is 0 Å². The van der Waals surface area contributed by atoms with Gasteiger partial charge in [-0.3, -0.25) is 0 Å². The van der Waals surface area contributed by atoms with E-state index in [1.165, 1.54) is 43.8 Å². The van der Waals surface area contributed by atoms with Crippen molar-refractivity contribution in [1.29, 1.82) is 0 Å². The SMILES string of the molecule is c1ccc(-c2ccc(N=c3c(=Nc4ccc(-c5ccccc5)cc4)c4cccc5ccc6cccc3c6c54)cc2)cc1. The first kappa shape index (κ1) is 24.2. The van der Waals surface area contributed by atoms with Gasteiger partial charge in [-0.15, -0.1) is 0 Å². The van der Waals surface area contributed by atoms with Gasteiger partial charge in [0.1, 0.15) is 0 Å². The summed E-state index contributed by atoms with van der Waals surface area (Å²) in [6.45, 7) is 0. The Labute approximate surface area is 243 Å². The van der Waals surface area contributed by atoms with Gasteiger partial charge in [0.2, 0.25) is 0 Å². The number of rotatable bonds is 4. The minimum absolute atomic E-state index is 0.895. The third-order valence-electron chi connectivity index (χ3n) is 8.05. The van der Waals surface area contributed by atoms with Gasteiger partial charge in [0.05, 0.1) is 22.1 Å². The molecule has 0 radical (unpaired) electrons. The first-order chi connectivity index (χ1) is 20.8. The molecule has 0 spiro atoms. The van der Waals surface area contributed by atoms with Gasteiger partial charge in [0.15, 0.2) is 0 Å². The van der Waals surface area contributed by atoms with Gasteiger partial charge in [-0.2, -0.15) is 0 Å². The summed E-state index contributed by atoms with van der Waals surface area (Å²) < 4.78 is 0. The minimum atomic E-state index is 0.895. The Morgan fingerprint density at radius 3 is 1.07 bits per heavy atom. The molecule has 0 aliphatic rings. The maximum atomic E-state index is 5.29. The molecule has 0 saturated heterocycles. The predicted octanol–water partition coefficient (Wildman–Crippen LogP) is 9.82. The molecule has 0 aromatic heterocycles. The molecule has 2 nitrogen and oxygen atoms in total. The molecule has 8 rings (SSSR count). The molecule has 0 aliphatic carbocycles. The average molecular weight is 535 g/mol. The van der Waals surface area contributed by atoms with Crippen LogP contribution in [0.5, 0.6) is 0 Å². The molecule has 0 heterocycles. The van der Waals surface area contributed by atoms with Crippen LogP contribution in [0, 0.1) is 0 Å². The zero-order valence-corrected chi connectivity index (χ0v) is 22.9. The van der Waals surface area contributed by atoms with Gasteiger partial charge in [-0.1, -0.05) is 133 Å². The maximum Gasteiger partial charge on any atom is 0.0978 e. The van der Waals surface area contributed by atoms with Crippen LogP contribution in [0.15, 0.2) is 168 Å². The Kier molecular flexibility index (Phi) is 5.82. The lowest BCUT2D eigenvalue weighted by atomic mass is 9.93. The van der Waals surface area contributed by atoms with Crippen molar-refractivity contribution in [3.05, 3.63) is 168 Å². The Bertz CT molecular complexity index is 2140. The van der Waals surface area contributed by atoms with Crippen LogP contribution in [0.1, 0.15) is 0 Å². The molecule has 0 saturated carbocycles. The molecule has 8 aromatic carbocycles. The Hall–Kier alpha value is -5.60. The van der Waals surface area contributed by atoms with Gasteiger partial charge < -0.3 is 0 Å². The normalized spacial score (nSPS) is 12.6. The Morgan fingerprint density at radius 2 is 0.667 bits per heavy atom. The van der Waals surface area contributed by atoms with Crippen LogP contribution in [0.25, 0.3) is 54.6 Å². The van der Waals surface area contributed by atoms with Crippen LogP contribution in [0.4, 0.5) is 11.4 Å². The van der Waals surface area contributed by atoms with E-state index >= 15 is 0 Å². The van der Waals surface area contributed by atoms with Crippen LogP contribution in [-0.2, 0) is 0 Å². The standard InChI is InChI=1S/C40H26N2/c1-3-9-27(10-4-1)29-19-23-33(24-20-29)41-39-35-15-7-13-31-17-18-32-14-8-16-36(38(32)37(31)35)40(39)42-34-25-21-30(22-26-34)28-11-5-2-6-12-28/h1-26H. The fraction of sp³-hybridized carbons (Fsp3) is 0. The van der Waals surface area contributed by atoms with E-state index < -0.39 is 0 Å². The van der Waals surface area contributed by atoms with E-state index in [-0.39, 0.29) is 0 Å². The zero-order chi connectivity index (χ0) is 27.9. The maximum absolute atomic E-state index is 5.29.